The SMILES string of the molecule is Cc1c(N(C)C)c(C)c2oc(=O)c(C)c(C)c2c1C. The molecule has 0 aliphatic carbocycles. The van der Waals surface area contributed by atoms with Gasteiger partial charge in [0.1, 0.15) is 5.58 Å². The molecular weight excluding hydrogens is 238 g/mol. The average molecular weight is 259 g/mol. The van der Waals surface area contributed by atoms with E-state index in [1.807, 2.05) is 34.9 Å². The van der Waals surface area contributed by atoms with Gasteiger partial charge in [-0.3, -0.25) is 0 Å². The number of benzene rings is 1. The predicted octanol–water partition coefficient (Wildman–Crippen LogP) is 3.40. The minimum absolute atomic E-state index is 0.235. The van der Waals surface area contributed by atoms with E-state index in [-0.39, 0.29) is 5.63 Å². The summed E-state index contributed by atoms with van der Waals surface area (Å²) in [5.74, 6) is 0. The van der Waals surface area contributed by atoms with E-state index < -0.39 is 0 Å². The van der Waals surface area contributed by atoms with E-state index in [1.54, 1.807) is 0 Å². The van der Waals surface area contributed by atoms with Crippen LogP contribution >= 0.6 is 0 Å². The van der Waals surface area contributed by atoms with Gasteiger partial charge in [0.15, 0.2) is 0 Å². The summed E-state index contributed by atoms with van der Waals surface area (Å²) in [7, 11) is 4.03. The molecule has 0 aliphatic heterocycles. The highest BCUT2D eigenvalue weighted by Gasteiger charge is 2.18. The van der Waals surface area contributed by atoms with Gasteiger partial charge in [0.05, 0.1) is 0 Å². The summed E-state index contributed by atoms with van der Waals surface area (Å²) in [5, 5.41) is 1.08. The second kappa shape index (κ2) is 4.41. The normalized spacial score (nSPS) is 11.1. The largest absolute Gasteiger partial charge is 0.422 e. The Balaban J connectivity index is 3.12. The molecule has 102 valence electrons. The standard InChI is InChI=1S/C16H21NO2/c1-8-10(3)14(17(6)7)12(5)15-13(8)9(2)11(4)16(18)19-15/h1-7H3. The van der Waals surface area contributed by atoms with Gasteiger partial charge >= 0.3 is 5.63 Å². The maximum atomic E-state index is 11.9. The summed E-state index contributed by atoms with van der Waals surface area (Å²) >= 11 is 0. The van der Waals surface area contributed by atoms with Crippen LogP contribution < -0.4 is 10.5 Å². The lowest BCUT2D eigenvalue weighted by Crippen LogP contribution is -2.15. The number of rotatable bonds is 1. The molecule has 0 saturated carbocycles. The molecule has 3 heteroatoms. The molecule has 0 unspecified atom stereocenters. The van der Waals surface area contributed by atoms with Gasteiger partial charge in [0.2, 0.25) is 0 Å². The molecule has 3 nitrogen and oxygen atoms in total. The van der Waals surface area contributed by atoms with Crippen molar-refractivity contribution in [2.45, 2.75) is 34.6 Å². The first-order chi connectivity index (χ1) is 8.77. The van der Waals surface area contributed by atoms with Crippen LogP contribution in [0.3, 0.4) is 0 Å². The van der Waals surface area contributed by atoms with Crippen molar-refractivity contribution in [3.8, 4) is 0 Å². The Morgan fingerprint density at radius 3 is 1.84 bits per heavy atom. The second-order valence-electron chi connectivity index (χ2n) is 5.46. The third kappa shape index (κ3) is 1.84. The van der Waals surface area contributed by atoms with Gasteiger partial charge < -0.3 is 9.32 Å². The molecule has 1 aromatic carbocycles. The Kier molecular flexibility index (Phi) is 3.17. The molecule has 0 atom stereocenters. The van der Waals surface area contributed by atoms with E-state index >= 15 is 0 Å². The van der Waals surface area contributed by atoms with E-state index in [0.717, 1.165) is 27.8 Å². The van der Waals surface area contributed by atoms with Crippen LogP contribution in [-0.2, 0) is 0 Å². The second-order valence-corrected chi connectivity index (χ2v) is 5.46. The highest BCUT2D eigenvalue weighted by molar-refractivity contribution is 5.93. The van der Waals surface area contributed by atoms with E-state index in [2.05, 4.69) is 18.7 Å². The summed E-state index contributed by atoms with van der Waals surface area (Å²) in [4.78, 5) is 14.0. The van der Waals surface area contributed by atoms with E-state index in [4.69, 9.17) is 4.42 Å². The number of nitrogens with zero attached hydrogens (tertiary/aromatic N) is 1. The molecule has 2 rings (SSSR count). The topological polar surface area (TPSA) is 33.5 Å². The zero-order valence-electron chi connectivity index (χ0n) is 12.8. The molecular formula is C16H21NO2. The molecule has 1 heterocycles. The lowest BCUT2D eigenvalue weighted by Gasteiger charge is -2.22. The Morgan fingerprint density at radius 2 is 1.32 bits per heavy atom. The van der Waals surface area contributed by atoms with Gasteiger partial charge in [-0.25, -0.2) is 4.79 Å². The molecule has 0 fully saturated rings. The van der Waals surface area contributed by atoms with Crippen molar-refractivity contribution >= 4 is 16.7 Å². The number of hydrogen-bond acceptors (Lipinski definition) is 3. The van der Waals surface area contributed by atoms with Crippen LogP contribution in [0.15, 0.2) is 9.21 Å². The molecule has 0 amide bonds. The number of fused-ring (bicyclic) bond motifs is 1. The smallest absolute Gasteiger partial charge is 0.339 e. The predicted molar refractivity (Wildman–Crippen MR) is 80.5 cm³/mol. The van der Waals surface area contributed by atoms with Crippen LogP contribution in [0.5, 0.6) is 0 Å². The minimum Gasteiger partial charge on any atom is -0.422 e. The molecule has 2 aromatic rings. The van der Waals surface area contributed by atoms with Gasteiger partial charge in [0, 0.05) is 36.3 Å². The van der Waals surface area contributed by atoms with Crippen LogP contribution in [0.25, 0.3) is 11.0 Å². The molecule has 1 aromatic heterocycles. The molecule has 19 heavy (non-hydrogen) atoms. The number of anilines is 1. The third-order valence-corrected chi connectivity index (χ3v) is 4.10. The Bertz CT molecular complexity index is 724. The van der Waals surface area contributed by atoms with Crippen molar-refractivity contribution in [1.82, 2.24) is 0 Å². The van der Waals surface area contributed by atoms with Crippen molar-refractivity contribution in [2.75, 3.05) is 19.0 Å². The van der Waals surface area contributed by atoms with Crippen LogP contribution in [0.2, 0.25) is 0 Å². The fraction of sp³-hybridized carbons (Fsp3) is 0.438. The van der Waals surface area contributed by atoms with Crippen molar-refractivity contribution in [3.63, 3.8) is 0 Å². The zero-order chi connectivity index (χ0) is 14.5. The van der Waals surface area contributed by atoms with Gasteiger partial charge in [0.25, 0.3) is 0 Å². The van der Waals surface area contributed by atoms with Crippen molar-refractivity contribution in [2.24, 2.45) is 0 Å². The summed E-state index contributed by atoms with van der Waals surface area (Å²) in [5.41, 5.74) is 6.81. The Hall–Kier alpha value is -1.77. The van der Waals surface area contributed by atoms with Gasteiger partial charge in [-0.2, -0.15) is 0 Å². The van der Waals surface area contributed by atoms with E-state index in [0.29, 0.717) is 5.56 Å². The quantitative estimate of drug-likeness (QED) is 0.736. The van der Waals surface area contributed by atoms with E-state index in [9.17, 15) is 4.79 Å². The van der Waals surface area contributed by atoms with Gasteiger partial charge in [-0.15, -0.1) is 0 Å². The molecule has 0 aliphatic rings. The monoisotopic (exact) mass is 259 g/mol. The fourth-order valence-corrected chi connectivity index (χ4v) is 2.87. The number of hydrogen-bond donors (Lipinski definition) is 0. The maximum Gasteiger partial charge on any atom is 0.339 e. The first-order valence-corrected chi connectivity index (χ1v) is 6.48. The highest BCUT2D eigenvalue weighted by atomic mass is 16.4. The van der Waals surface area contributed by atoms with E-state index in [1.165, 1.54) is 11.1 Å². The molecule has 0 radical (unpaired) electrons. The summed E-state index contributed by atoms with van der Waals surface area (Å²) < 4.78 is 5.55. The first-order valence-electron chi connectivity index (χ1n) is 6.48. The summed E-state index contributed by atoms with van der Waals surface area (Å²) in [6.45, 7) is 10.1. The van der Waals surface area contributed by atoms with Crippen LogP contribution in [-0.4, -0.2) is 14.1 Å². The van der Waals surface area contributed by atoms with Gasteiger partial charge in [-0.05, 0) is 51.3 Å². The van der Waals surface area contributed by atoms with Crippen LogP contribution in [0, 0.1) is 34.6 Å². The van der Waals surface area contributed by atoms with Crippen LogP contribution in [0.1, 0.15) is 27.8 Å². The van der Waals surface area contributed by atoms with Crippen molar-refractivity contribution < 1.29 is 4.42 Å². The average Bonchev–Trinajstić information content (AvgIpc) is 2.32. The molecule has 0 N–H and O–H groups in total. The first kappa shape index (κ1) is 13.7. The zero-order valence-corrected chi connectivity index (χ0v) is 12.8. The van der Waals surface area contributed by atoms with Crippen LogP contribution in [0.4, 0.5) is 5.69 Å². The maximum absolute atomic E-state index is 11.9. The Labute approximate surface area is 113 Å². The third-order valence-electron chi connectivity index (χ3n) is 4.10. The lowest BCUT2D eigenvalue weighted by molar-refractivity contribution is 0.551. The molecule has 0 bridgehead atoms. The van der Waals surface area contributed by atoms with Crippen molar-refractivity contribution in [1.29, 1.82) is 0 Å². The van der Waals surface area contributed by atoms with Gasteiger partial charge in [-0.1, -0.05) is 0 Å². The van der Waals surface area contributed by atoms with Crippen molar-refractivity contribution in [3.05, 3.63) is 38.2 Å². The summed E-state index contributed by atoms with van der Waals surface area (Å²) in [6.07, 6.45) is 0. The minimum atomic E-state index is -0.235. The lowest BCUT2D eigenvalue weighted by atomic mass is 9.94. The summed E-state index contributed by atoms with van der Waals surface area (Å²) in [6, 6.07) is 0. The molecule has 0 spiro atoms. The molecule has 0 saturated heterocycles. The Morgan fingerprint density at radius 1 is 0.789 bits per heavy atom. The highest BCUT2D eigenvalue weighted by Crippen LogP contribution is 2.35. The fourth-order valence-electron chi connectivity index (χ4n) is 2.87. The number of aryl methyl sites for hydroxylation is 3.